The number of hydrogen-bond donors (Lipinski definition) is 0. The Bertz CT molecular complexity index is 936. The van der Waals surface area contributed by atoms with Gasteiger partial charge in [0, 0.05) is 49.7 Å². The van der Waals surface area contributed by atoms with E-state index in [0.717, 1.165) is 31.1 Å². The van der Waals surface area contributed by atoms with Gasteiger partial charge >= 0.3 is 0 Å². The van der Waals surface area contributed by atoms with Crippen LogP contribution in [-0.4, -0.2) is 58.7 Å². The number of para-hydroxylation sites is 1. The van der Waals surface area contributed by atoms with Crippen LogP contribution < -0.4 is 4.90 Å². The van der Waals surface area contributed by atoms with Crippen LogP contribution in [0.15, 0.2) is 52.7 Å². The number of hydrogen-bond acceptors (Lipinski definition) is 6. The first kappa shape index (κ1) is 21.1. The van der Waals surface area contributed by atoms with Gasteiger partial charge in [0.1, 0.15) is 4.32 Å². The van der Waals surface area contributed by atoms with Crippen molar-refractivity contribution in [2.75, 3.05) is 37.6 Å². The first-order valence-electron chi connectivity index (χ1n) is 9.98. The number of piperazine rings is 1. The molecule has 156 valence electrons. The first-order chi connectivity index (χ1) is 14.6. The zero-order valence-corrected chi connectivity index (χ0v) is 19.0. The Morgan fingerprint density at radius 2 is 1.83 bits per heavy atom. The number of benzene rings is 1. The summed E-state index contributed by atoms with van der Waals surface area (Å²) >= 11 is 8.32. The molecule has 1 aromatic carbocycles. The highest BCUT2D eigenvalue weighted by Crippen LogP contribution is 2.33. The molecule has 0 atom stereocenters. The largest absolute Gasteiger partial charge is 0.368 e. The van der Waals surface area contributed by atoms with E-state index in [1.54, 1.807) is 16.2 Å². The van der Waals surface area contributed by atoms with Crippen molar-refractivity contribution in [3.63, 3.8) is 0 Å². The van der Waals surface area contributed by atoms with Crippen molar-refractivity contribution in [2.24, 2.45) is 0 Å². The number of nitrogens with zero attached hydrogens (tertiary/aromatic N) is 3. The standard InChI is InChI=1S/C22H23N3O2S3/c26-20(24-13-11-23(12-14-24)17-6-2-1-3-7-17)9-4-10-25-21(27)19(30-22(25)28)16-18-8-5-15-29-18/h1-3,5-8,15-16H,4,9-14H2/b19-16-. The van der Waals surface area contributed by atoms with Gasteiger partial charge in [-0.1, -0.05) is 48.2 Å². The lowest BCUT2D eigenvalue weighted by Crippen LogP contribution is -2.48. The van der Waals surface area contributed by atoms with Crippen LogP contribution in [-0.2, 0) is 9.59 Å². The molecular formula is C22H23N3O2S3. The molecule has 2 fully saturated rings. The highest BCUT2D eigenvalue weighted by atomic mass is 32.2. The SMILES string of the molecule is O=C(CCCN1C(=O)/C(=C/c2cccs2)SC1=S)N1CCN(c2ccccc2)CC1. The molecule has 3 heterocycles. The quantitative estimate of drug-likeness (QED) is 0.483. The Kier molecular flexibility index (Phi) is 6.86. The van der Waals surface area contributed by atoms with E-state index < -0.39 is 0 Å². The van der Waals surface area contributed by atoms with E-state index in [9.17, 15) is 9.59 Å². The van der Waals surface area contributed by atoms with Gasteiger partial charge in [0.05, 0.1) is 4.91 Å². The second kappa shape index (κ2) is 9.76. The minimum Gasteiger partial charge on any atom is -0.368 e. The molecule has 8 heteroatoms. The minimum atomic E-state index is -0.0534. The van der Waals surface area contributed by atoms with E-state index in [0.29, 0.717) is 28.6 Å². The molecule has 0 saturated carbocycles. The van der Waals surface area contributed by atoms with Crippen molar-refractivity contribution in [1.29, 1.82) is 0 Å². The number of rotatable bonds is 6. The molecule has 0 bridgehead atoms. The third kappa shape index (κ3) is 4.94. The molecule has 2 amide bonds. The molecule has 5 nitrogen and oxygen atoms in total. The highest BCUT2D eigenvalue weighted by molar-refractivity contribution is 8.26. The van der Waals surface area contributed by atoms with Gasteiger partial charge in [-0.3, -0.25) is 14.5 Å². The molecule has 0 N–H and O–H groups in total. The third-order valence-corrected chi connectivity index (χ3v) is 7.41. The Morgan fingerprint density at radius 3 is 2.53 bits per heavy atom. The number of thiophene rings is 1. The Morgan fingerprint density at radius 1 is 1.07 bits per heavy atom. The van der Waals surface area contributed by atoms with E-state index in [1.807, 2.05) is 46.7 Å². The minimum absolute atomic E-state index is 0.0534. The zero-order chi connectivity index (χ0) is 20.9. The Labute approximate surface area is 190 Å². The van der Waals surface area contributed by atoms with E-state index in [1.165, 1.54) is 17.4 Å². The highest BCUT2D eigenvalue weighted by Gasteiger charge is 2.32. The van der Waals surface area contributed by atoms with Gasteiger partial charge in [-0.05, 0) is 36.1 Å². The number of anilines is 1. The van der Waals surface area contributed by atoms with Crippen molar-refractivity contribution >= 4 is 63.2 Å². The summed E-state index contributed by atoms with van der Waals surface area (Å²) in [7, 11) is 0. The third-order valence-electron chi connectivity index (χ3n) is 5.22. The van der Waals surface area contributed by atoms with Crippen LogP contribution in [0.5, 0.6) is 0 Å². The summed E-state index contributed by atoms with van der Waals surface area (Å²) in [5.41, 5.74) is 1.20. The van der Waals surface area contributed by atoms with Crippen molar-refractivity contribution in [2.45, 2.75) is 12.8 Å². The monoisotopic (exact) mass is 457 g/mol. The van der Waals surface area contributed by atoms with Gasteiger partial charge in [0.15, 0.2) is 0 Å². The fourth-order valence-corrected chi connectivity index (χ4v) is 5.63. The lowest BCUT2D eigenvalue weighted by atomic mass is 10.2. The molecule has 30 heavy (non-hydrogen) atoms. The van der Waals surface area contributed by atoms with Crippen LogP contribution in [0.25, 0.3) is 6.08 Å². The maximum atomic E-state index is 12.6. The summed E-state index contributed by atoms with van der Waals surface area (Å²) in [6.45, 7) is 3.65. The average Bonchev–Trinajstić information content (AvgIpc) is 3.38. The number of thiocarbonyl (C=S) groups is 1. The van der Waals surface area contributed by atoms with Gasteiger partial charge in [-0.2, -0.15) is 0 Å². The molecular weight excluding hydrogens is 434 g/mol. The smallest absolute Gasteiger partial charge is 0.266 e. The van der Waals surface area contributed by atoms with Crippen LogP contribution in [0.1, 0.15) is 17.7 Å². The molecule has 4 rings (SSSR count). The fourth-order valence-electron chi connectivity index (χ4n) is 3.59. The second-order valence-corrected chi connectivity index (χ2v) is 9.81. The Balaban J connectivity index is 1.23. The normalized spacial score (nSPS) is 18.5. The van der Waals surface area contributed by atoms with Gasteiger partial charge in [-0.25, -0.2) is 0 Å². The van der Waals surface area contributed by atoms with E-state index in [-0.39, 0.29) is 11.8 Å². The number of carbonyl (C=O) groups excluding carboxylic acids is 2. The van der Waals surface area contributed by atoms with E-state index >= 15 is 0 Å². The fraction of sp³-hybridized carbons (Fsp3) is 0.318. The van der Waals surface area contributed by atoms with Crippen LogP contribution in [0.3, 0.4) is 0 Å². The van der Waals surface area contributed by atoms with Crippen LogP contribution >= 0.6 is 35.3 Å². The predicted molar refractivity (Wildman–Crippen MR) is 129 cm³/mol. The van der Waals surface area contributed by atoms with Crippen molar-refractivity contribution < 1.29 is 9.59 Å². The molecule has 0 unspecified atom stereocenters. The van der Waals surface area contributed by atoms with Gasteiger partial charge in [0.25, 0.3) is 5.91 Å². The molecule has 1 aromatic heterocycles. The molecule has 0 radical (unpaired) electrons. The molecule has 0 spiro atoms. The predicted octanol–water partition coefficient (Wildman–Crippen LogP) is 4.08. The number of amides is 2. The Hall–Kier alpha value is -2.16. The van der Waals surface area contributed by atoms with Crippen LogP contribution in [0.2, 0.25) is 0 Å². The van der Waals surface area contributed by atoms with Crippen LogP contribution in [0, 0.1) is 0 Å². The number of thioether (sulfide) groups is 1. The maximum Gasteiger partial charge on any atom is 0.266 e. The van der Waals surface area contributed by atoms with Gasteiger partial charge < -0.3 is 9.80 Å². The first-order valence-corrected chi connectivity index (χ1v) is 12.1. The van der Waals surface area contributed by atoms with Gasteiger partial charge in [0.2, 0.25) is 5.91 Å². The molecule has 2 saturated heterocycles. The average molecular weight is 458 g/mol. The molecule has 2 aromatic rings. The second-order valence-electron chi connectivity index (χ2n) is 7.16. The maximum absolute atomic E-state index is 12.6. The van der Waals surface area contributed by atoms with Crippen molar-refractivity contribution in [1.82, 2.24) is 9.80 Å². The topological polar surface area (TPSA) is 43.9 Å². The van der Waals surface area contributed by atoms with E-state index in [2.05, 4.69) is 17.0 Å². The zero-order valence-electron chi connectivity index (χ0n) is 16.5. The lowest BCUT2D eigenvalue weighted by Gasteiger charge is -2.36. The summed E-state index contributed by atoms with van der Waals surface area (Å²) in [4.78, 5) is 32.8. The van der Waals surface area contributed by atoms with Crippen molar-refractivity contribution in [3.05, 3.63) is 57.6 Å². The van der Waals surface area contributed by atoms with Crippen molar-refractivity contribution in [3.8, 4) is 0 Å². The summed E-state index contributed by atoms with van der Waals surface area (Å²) in [6.07, 6.45) is 2.95. The lowest BCUT2D eigenvalue weighted by molar-refractivity contribution is -0.132. The summed E-state index contributed by atoms with van der Waals surface area (Å²) in [5.74, 6) is 0.101. The summed E-state index contributed by atoms with van der Waals surface area (Å²) < 4.78 is 0.576. The van der Waals surface area contributed by atoms with E-state index in [4.69, 9.17) is 12.2 Å². The summed E-state index contributed by atoms with van der Waals surface area (Å²) in [6, 6.07) is 14.2. The molecule has 2 aliphatic rings. The summed E-state index contributed by atoms with van der Waals surface area (Å²) in [5, 5.41) is 1.98. The molecule has 2 aliphatic heterocycles. The number of carbonyl (C=O) groups is 2. The molecule has 0 aliphatic carbocycles. The van der Waals surface area contributed by atoms with Gasteiger partial charge in [-0.15, -0.1) is 11.3 Å². The van der Waals surface area contributed by atoms with Crippen LogP contribution in [0.4, 0.5) is 5.69 Å².